The van der Waals surface area contributed by atoms with E-state index in [0.717, 1.165) is 20.4 Å². The molecule has 0 atom stereocenters. The Morgan fingerprint density at radius 3 is 2.06 bits per heavy atom. The van der Waals surface area contributed by atoms with Crippen molar-refractivity contribution in [3.8, 4) is 6.07 Å². The molecular formula is C25H17N5O2SSe. The number of anilines is 3. The van der Waals surface area contributed by atoms with Crippen LogP contribution in [0.4, 0.5) is 21.6 Å². The van der Waals surface area contributed by atoms with Crippen molar-refractivity contribution in [3.05, 3.63) is 87.7 Å². The quantitative estimate of drug-likeness (QED) is 0.166. The average Bonchev–Trinajstić information content (AvgIpc) is 3.33. The van der Waals surface area contributed by atoms with E-state index >= 15 is 0 Å². The zero-order chi connectivity index (χ0) is 24.4. The van der Waals surface area contributed by atoms with Crippen molar-refractivity contribution >= 4 is 71.3 Å². The van der Waals surface area contributed by atoms with Crippen LogP contribution in [0.1, 0.15) is 10.0 Å². The van der Waals surface area contributed by atoms with Crippen LogP contribution < -0.4 is 4.90 Å². The van der Waals surface area contributed by atoms with Crippen molar-refractivity contribution in [2.24, 2.45) is 0 Å². The molecule has 0 N–H and O–H groups in total. The van der Waals surface area contributed by atoms with Gasteiger partial charge in [-0.25, -0.2) is 0 Å². The molecule has 1 aromatic heterocycles. The molecule has 1 saturated heterocycles. The standard InChI is InChI=1S/C25H17N5O2SSe/c1-27-17-6-10-19(11-7-17)30(18-8-4-16(15-26)5-9-18)22-13-12-20(34-22)14-21-23(31)28(2)25(33)29(3)24(21)32/h4-14H,2-3H3. The summed E-state index contributed by atoms with van der Waals surface area (Å²) in [5.41, 5.74) is 2.90. The Kier molecular flexibility index (Phi) is 6.45. The summed E-state index contributed by atoms with van der Waals surface area (Å²) in [5.74, 6) is -0.839. The van der Waals surface area contributed by atoms with Gasteiger partial charge in [-0.2, -0.15) is 0 Å². The van der Waals surface area contributed by atoms with Gasteiger partial charge in [-0.3, -0.25) is 0 Å². The van der Waals surface area contributed by atoms with E-state index in [1.54, 1.807) is 44.4 Å². The van der Waals surface area contributed by atoms with Crippen LogP contribution in [0, 0.1) is 17.9 Å². The van der Waals surface area contributed by atoms with Gasteiger partial charge in [0.15, 0.2) is 0 Å². The Labute approximate surface area is 208 Å². The van der Waals surface area contributed by atoms with Crippen LogP contribution in [0.2, 0.25) is 0 Å². The molecule has 7 nitrogen and oxygen atoms in total. The molecule has 0 saturated carbocycles. The number of benzene rings is 2. The van der Waals surface area contributed by atoms with Crippen LogP contribution in [0.3, 0.4) is 0 Å². The maximum absolute atomic E-state index is 12.7. The summed E-state index contributed by atoms with van der Waals surface area (Å²) in [4.78, 5) is 33.5. The molecule has 34 heavy (non-hydrogen) atoms. The van der Waals surface area contributed by atoms with E-state index in [0.29, 0.717) is 11.3 Å². The summed E-state index contributed by atoms with van der Waals surface area (Å²) < 4.78 is 1.85. The Bertz CT molecular complexity index is 1330. The minimum atomic E-state index is -0.420. The SMILES string of the molecule is [C-]#[N+]c1ccc(N(c2ccc(C#N)cc2)c2ccc(C=C3C(=O)N(C)C(=S)N(C)C3=O)[se]2)cc1. The molecule has 2 aromatic carbocycles. The predicted octanol–water partition coefficient (Wildman–Crippen LogP) is 4.23. The third-order valence-electron chi connectivity index (χ3n) is 5.26. The summed E-state index contributed by atoms with van der Waals surface area (Å²) in [6, 6.07) is 20.5. The number of nitrogens with zero attached hydrogens (tertiary/aromatic N) is 5. The molecule has 1 fully saturated rings. The molecule has 0 bridgehead atoms. The molecule has 2 heterocycles. The van der Waals surface area contributed by atoms with Crippen molar-refractivity contribution in [2.45, 2.75) is 0 Å². The second-order valence-electron chi connectivity index (χ2n) is 7.37. The van der Waals surface area contributed by atoms with E-state index in [1.807, 2.05) is 36.4 Å². The number of thiocarbonyl (C=S) groups is 1. The second kappa shape index (κ2) is 9.46. The molecular weight excluding hydrogens is 513 g/mol. The van der Waals surface area contributed by atoms with Crippen molar-refractivity contribution < 1.29 is 9.59 Å². The van der Waals surface area contributed by atoms with E-state index in [2.05, 4.69) is 15.8 Å². The first kappa shape index (κ1) is 23.2. The molecule has 2 amide bonds. The average molecular weight is 530 g/mol. The first-order valence-corrected chi connectivity index (χ1v) is 12.2. The number of nitriles is 1. The van der Waals surface area contributed by atoms with Gasteiger partial charge in [-0.05, 0) is 0 Å². The predicted molar refractivity (Wildman–Crippen MR) is 135 cm³/mol. The van der Waals surface area contributed by atoms with Gasteiger partial charge in [0.05, 0.1) is 0 Å². The maximum atomic E-state index is 12.7. The van der Waals surface area contributed by atoms with E-state index in [-0.39, 0.29) is 25.2 Å². The van der Waals surface area contributed by atoms with Crippen LogP contribution in [0.5, 0.6) is 0 Å². The number of rotatable bonds is 4. The molecule has 166 valence electrons. The monoisotopic (exact) mass is 531 g/mol. The minimum absolute atomic E-state index is 0.0766. The fourth-order valence-electron chi connectivity index (χ4n) is 3.42. The van der Waals surface area contributed by atoms with Crippen LogP contribution in [-0.4, -0.2) is 55.3 Å². The summed E-state index contributed by atoms with van der Waals surface area (Å²) in [5, 5.41) is 9.33. The van der Waals surface area contributed by atoms with Crippen LogP contribution in [0.25, 0.3) is 10.9 Å². The van der Waals surface area contributed by atoms with Gasteiger partial charge in [0.25, 0.3) is 0 Å². The zero-order valence-electron chi connectivity index (χ0n) is 18.2. The van der Waals surface area contributed by atoms with Gasteiger partial charge in [-0.1, -0.05) is 0 Å². The van der Waals surface area contributed by atoms with Crippen molar-refractivity contribution in [2.75, 3.05) is 19.0 Å². The second-order valence-corrected chi connectivity index (χ2v) is 10.0. The number of amides is 2. The Hall–Kier alpha value is -4.01. The van der Waals surface area contributed by atoms with Gasteiger partial charge in [0.1, 0.15) is 0 Å². The first-order valence-electron chi connectivity index (χ1n) is 10.0. The third-order valence-corrected chi connectivity index (χ3v) is 7.94. The van der Waals surface area contributed by atoms with E-state index < -0.39 is 11.8 Å². The van der Waals surface area contributed by atoms with Gasteiger partial charge in [0, 0.05) is 0 Å². The Morgan fingerprint density at radius 2 is 1.53 bits per heavy atom. The van der Waals surface area contributed by atoms with E-state index in [9.17, 15) is 9.59 Å². The Balaban J connectivity index is 1.76. The number of hydrogen-bond acceptors (Lipinski definition) is 5. The topological polar surface area (TPSA) is 72.0 Å². The van der Waals surface area contributed by atoms with E-state index in [4.69, 9.17) is 24.1 Å². The molecule has 0 radical (unpaired) electrons. The molecule has 1 aliphatic rings. The van der Waals surface area contributed by atoms with Gasteiger partial charge >= 0.3 is 209 Å². The number of carbonyl (C=O) groups excluding carboxylic acids is 2. The van der Waals surface area contributed by atoms with E-state index in [1.165, 1.54) is 9.80 Å². The summed E-state index contributed by atoms with van der Waals surface area (Å²) >= 11 is 4.94. The fraction of sp³-hybridized carbons (Fsp3) is 0.0800. The molecule has 0 aliphatic carbocycles. The fourth-order valence-corrected chi connectivity index (χ4v) is 5.67. The van der Waals surface area contributed by atoms with Gasteiger partial charge in [-0.15, -0.1) is 0 Å². The number of hydrogen-bond donors (Lipinski definition) is 0. The number of likely N-dealkylation sites (N-methyl/N-ethyl adjacent to an activating group) is 2. The van der Waals surface area contributed by atoms with Crippen LogP contribution in [0.15, 0.2) is 66.2 Å². The molecule has 3 aromatic rings. The number of carbonyl (C=O) groups is 2. The van der Waals surface area contributed by atoms with Crippen molar-refractivity contribution in [1.82, 2.24) is 9.80 Å². The summed E-state index contributed by atoms with van der Waals surface area (Å²) in [7, 11) is 3.11. The molecule has 0 spiro atoms. The molecule has 9 heteroatoms. The van der Waals surface area contributed by atoms with Crippen LogP contribution in [-0.2, 0) is 9.59 Å². The van der Waals surface area contributed by atoms with Gasteiger partial charge in [0.2, 0.25) is 0 Å². The van der Waals surface area contributed by atoms with Crippen molar-refractivity contribution in [1.29, 1.82) is 5.26 Å². The molecule has 4 rings (SSSR count). The summed E-state index contributed by atoms with van der Waals surface area (Å²) in [6.07, 6.45) is 1.64. The third kappa shape index (κ3) is 4.28. The van der Waals surface area contributed by atoms with Crippen molar-refractivity contribution in [3.63, 3.8) is 0 Å². The zero-order valence-corrected chi connectivity index (χ0v) is 20.7. The normalized spacial score (nSPS) is 13.5. The summed E-state index contributed by atoms with van der Waals surface area (Å²) in [6.45, 7) is 7.21. The Morgan fingerprint density at radius 1 is 0.971 bits per heavy atom. The molecule has 0 unspecified atom stereocenters. The first-order chi connectivity index (χ1) is 16.3. The molecule has 1 aliphatic heterocycles. The van der Waals surface area contributed by atoms with Gasteiger partial charge < -0.3 is 0 Å². The van der Waals surface area contributed by atoms with Crippen LogP contribution >= 0.6 is 12.2 Å².